The zero-order valence-corrected chi connectivity index (χ0v) is 11.0. The van der Waals surface area contributed by atoms with Crippen LogP contribution < -0.4 is 17.0 Å². The van der Waals surface area contributed by atoms with Gasteiger partial charge in [0.15, 0.2) is 0 Å². The monoisotopic (exact) mass is 267 g/mol. The number of nitrogens with one attached hydrogen (secondary N) is 1. The van der Waals surface area contributed by atoms with E-state index < -0.39 is 0 Å². The van der Waals surface area contributed by atoms with E-state index in [1.54, 1.807) is 10.7 Å². The molecule has 0 saturated carbocycles. The standard InChI is InChI=1S/C9H9N3.C6H8N2/c10-9-6-7-12(11-9)8-4-2-1-3-5-8;7-8-6-4-2-1-3-5-6/h1-7H,(H2,10,11);1-5,8H,7H2. The van der Waals surface area contributed by atoms with Gasteiger partial charge in [0.05, 0.1) is 5.69 Å². The maximum absolute atomic E-state index is 5.48. The molecule has 1 aromatic heterocycles. The van der Waals surface area contributed by atoms with Crippen LogP contribution in [0.1, 0.15) is 0 Å². The van der Waals surface area contributed by atoms with Crippen LogP contribution in [0.3, 0.4) is 0 Å². The Bertz CT molecular complexity index is 619. The Morgan fingerprint density at radius 1 is 0.850 bits per heavy atom. The zero-order valence-electron chi connectivity index (χ0n) is 11.0. The summed E-state index contributed by atoms with van der Waals surface area (Å²) in [5.41, 5.74) is 9.97. The molecule has 20 heavy (non-hydrogen) atoms. The second-order valence-electron chi connectivity index (χ2n) is 4.03. The van der Waals surface area contributed by atoms with Crippen molar-refractivity contribution < 1.29 is 0 Å². The molecular weight excluding hydrogens is 250 g/mol. The van der Waals surface area contributed by atoms with Crippen LogP contribution in [0, 0.1) is 0 Å². The van der Waals surface area contributed by atoms with Crippen molar-refractivity contribution >= 4 is 11.5 Å². The van der Waals surface area contributed by atoms with Crippen molar-refractivity contribution in [1.29, 1.82) is 0 Å². The average molecular weight is 267 g/mol. The summed E-state index contributed by atoms with van der Waals surface area (Å²) in [5.74, 6) is 5.64. The highest BCUT2D eigenvalue weighted by Gasteiger charge is 1.95. The fourth-order valence-corrected chi connectivity index (χ4v) is 1.60. The van der Waals surface area contributed by atoms with Gasteiger partial charge in [-0.25, -0.2) is 4.68 Å². The van der Waals surface area contributed by atoms with Gasteiger partial charge in [-0.1, -0.05) is 36.4 Å². The van der Waals surface area contributed by atoms with E-state index in [0.717, 1.165) is 11.4 Å². The number of hydrazine groups is 1. The fourth-order valence-electron chi connectivity index (χ4n) is 1.60. The minimum absolute atomic E-state index is 0.541. The molecule has 0 fully saturated rings. The van der Waals surface area contributed by atoms with Gasteiger partial charge in [-0.05, 0) is 24.3 Å². The van der Waals surface area contributed by atoms with E-state index in [2.05, 4.69) is 10.5 Å². The van der Waals surface area contributed by atoms with Gasteiger partial charge in [0, 0.05) is 18.0 Å². The van der Waals surface area contributed by atoms with Crippen molar-refractivity contribution in [3.63, 3.8) is 0 Å². The van der Waals surface area contributed by atoms with E-state index in [4.69, 9.17) is 11.6 Å². The highest BCUT2D eigenvalue weighted by Crippen LogP contribution is 2.06. The number of anilines is 2. The van der Waals surface area contributed by atoms with Crippen LogP contribution in [0.5, 0.6) is 0 Å². The summed E-state index contributed by atoms with van der Waals surface area (Å²) in [4.78, 5) is 0. The Balaban J connectivity index is 0.000000160. The molecule has 0 unspecified atom stereocenters. The molecule has 1 heterocycles. The first kappa shape index (κ1) is 13.6. The van der Waals surface area contributed by atoms with E-state index in [9.17, 15) is 0 Å². The van der Waals surface area contributed by atoms with Gasteiger partial charge in [-0.3, -0.25) is 5.84 Å². The van der Waals surface area contributed by atoms with Gasteiger partial charge in [-0.2, -0.15) is 5.10 Å². The molecule has 5 N–H and O–H groups in total. The molecule has 2 aromatic carbocycles. The molecule has 0 amide bonds. The van der Waals surface area contributed by atoms with E-state index in [-0.39, 0.29) is 0 Å². The molecule has 0 aliphatic carbocycles. The third-order valence-corrected chi connectivity index (χ3v) is 2.57. The van der Waals surface area contributed by atoms with E-state index >= 15 is 0 Å². The van der Waals surface area contributed by atoms with E-state index in [0.29, 0.717) is 5.82 Å². The lowest BCUT2D eigenvalue weighted by Crippen LogP contribution is -2.05. The van der Waals surface area contributed by atoms with Crippen molar-refractivity contribution in [2.75, 3.05) is 11.2 Å². The first-order chi connectivity index (χ1) is 9.79. The predicted molar refractivity (Wildman–Crippen MR) is 82.2 cm³/mol. The Hall–Kier alpha value is -2.79. The predicted octanol–water partition coefficient (Wildman–Crippen LogP) is 2.43. The third-order valence-electron chi connectivity index (χ3n) is 2.57. The smallest absolute Gasteiger partial charge is 0.145 e. The largest absolute Gasteiger partial charge is 0.382 e. The number of rotatable bonds is 2. The molecule has 3 aromatic rings. The highest BCUT2D eigenvalue weighted by atomic mass is 15.3. The van der Waals surface area contributed by atoms with Crippen molar-refractivity contribution in [3.8, 4) is 5.69 Å². The molecule has 0 bridgehead atoms. The lowest BCUT2D eigenvalue weighted by molar-refractivity contribution is 0.886. The van der Waals surface area contributed by atoms with Gasteiger partial charge in [0.1, 0.15) is 5.82 Å². The molecule has 0 radical (unpaired) electrons. The lowest BCUT2D eigenvalue weighted by Gasteiger charge is -1.98. The normalized spacial score (nSPS) is 9.45. The summed E-state index contributed by atoms with van der Waals surface area (Å²) in [6.45, 7) is 0. The van der Waals surface area contributed by atoms with Gasteiger partial charge in [0.2, 0.25) is 0 Å². The molecule has 0 aliphatic rings. The summed E-state index contributed by atoms with van der Waals surface area (Å²) >= 11 is 0. The first-order valence-corrected chi connectivity index (χ1v) is 6.18. The number of hydrogen-bond donors (Lipinski definition) is 3. The van der Waals surface area contributed by atoms with Crippen LogP contribution in [-0.4, -0.2) is 9.78 Å². The van der Waals surface area contributed by atoms with Crippen molar-refractivity contribution in [3.05, 3.63) is 72.9 Å². The third kappa shape index (κ3) is 3.86. The maximum atomic E-state index is 5.48. The van der Waals surface area contributed by atoms with Crippen LogP contribution in [-0.2, 0) is 0 Å². The summed E-state index contributed by atoms with van der Waals surface area (Å²) in [6, 6.07) is 21.2. The van der Waals surface area contributed by atoms with E-state index in [1.807, 2.05) is 66.9 Å². The second kappa shape index (κ2) is 6.96. The molecule has 0 spiro atoms. The average Bonchev–Trinajstić information content (AvgIpc) is 2.96. The lowest BCUT2D eigenvalue weighted by atomic mass is 10.3. The molecule has 5 heteroatoms. The van der Waals surface area contributed by atoms with Crippen molar-refractivity contribution in [2.45, 2.75) is 0 Å². The van der Waals surface area contributed by atoms with Crippen LogP contribution in [0.15, 0.2) is 72.9 Å². The quantitative estimate of drug-likeness (QED) is 0.492. The second-order valence-corrected chi connectivity index (χ2v) is 4.03. The Labute approximate surface area is 117 Å². The number of benzene rings is 2. The highest BCUT2D eigenvalue weighted by molar-refractivity contribution is 5.40. The molecule has 5 nitrogen and oxygen atoms in total. The minimum Gasteiger partial charge on any atom is -0.382 e. The van der Waals surface area contributed by atoms with Gasteiger partial charge >= 0.3 is 0 Å². The van der Waals surface area contributed by atoms with Gasteiger partial charge < -0.3 is 11.2 Å². The molecule has 102 valence electrons. The van der Waals surface area contributed by atoms with Crippen LogP contribution >= 0.6 is 0 Å². The van der Waals surface area contributed by atoms with Crippen LogP contribution in [0.2, 0.25) is 0 Å². The Morgan fingerprint density at radius 2 is 1.45 bits per heavy atom. The summed E-state index contributed by atoms with van der Waals surface area (Å²) < 4.78 is 1.75. The zero-order chi connectivity index (χ0) is 14.2. The maximum Gasteiger partial charge on any atom is 0.145 e. The molecular formula is C15H17N5. The molecule has 0 atom stereocenters. The topological polar surface area (TPSA) is 81.9 Å². The fraction of sp³-hybridized carbons (Fsp3) is 0. The van der Waals surface area contributed by atoms with Gasteiger partial charge in [-0.15, -0.1) is 0 Å². The number of nitrogens with zero attached hydrogens (tertiary/aromatic N) is 2. The minimum atomic E-state index is 0.541. The number of nitrogens with two attached hydrogens (primary N) is 2. The Kier molecular flexibility index (Phi) is 4.75. The Morgan fingerprint density at radius 3 is 1.90 bits per heavy atom. The van der Waals surface area contributed by atoms with Gasteiger partial charge in [0.25, 0.3) is 0 Å². The molecule has 3 rings (SSSR count). The number of hydrogen-bond acceptors (Lipinski definition) is 4. The number of nitrogen functional groups attached to an aromatic ring is 2. The van der Waals surface area contributed by atoms with E-state index in [1.165, 1.54) is 0 Å². The summed E-state index contributed by atoms with van der Waals surface area (Å²) in [7, 11) is 0. The van der Waals surface area contributed by atoms with Crippen molar-refractivity contribution in [2.24, 2.45) is 5.84 Å². The SMILES string of the molecule is NNc1ccccc1.Nc1ccn(-c2ccccc2)n1. The molecule has 0 saturated heterocycles. The summed E-state index contributed by atoms with van der Waals surface area (Å²) in [6.07, 6.45) is 1.84. The van der Waals surface area contributed by atoms with Crippen LogP contribution in [0.4, 0.5) is 11.5 Å². The first-order valence-electron chi connectivity index (χ1n) is 6.18. The molecule has 0 aliphatic heterocycles. The number of aromatic nitrogens is 2. The summed E-state index contributed by atoms with van der Waals surface area (Å²) in [5, 5.41) is 4.08. The van der Waals surface area contributed by atoms with Crippen molar-refractivity contribution in [1.82, 2.24) is 9.78 Å². The number of para-hydroxylation sites is 2. The van der Waals surface area contributed by atoms with Crippen LogP contribution in [0.25, 0.3) is 5.69 Å².